The summed E-state index contributed by atoms with van der Waals surface area (Å²) in [6.45, 7) is 0. The van der Waals surface area contributed by atoms with Crippen LogP contribution in [0.25, 0.3) is 0 Å². The zero-order valence-electron chi connectivity index (χ0n) is 10.7. The van der Waals surface area contributed by atoms with Gasteiger partial charge in [0, 0.05) is 0 Å². The van der Waals surface area contributed by atoms with Gasteiger partial charge in [0.2, 0.25) is 10.0 Å². The fourth-order valence-electron chi connectivity index (χ4n) is 2.02. The van der Waals surface area contributed by atoms with E-state index in [9.17, 15) is 13.2 Å². The molecule has 1 saturated carbocycles. The van der Waals surface area contributed by atoms with Gasteiger partial charge in [-0.15, -0.1) is 0 Å². The predicted octanol–water partition coefficient (Wildman–Crippen LogP) is 1.63. The van der Waals surface area contributed by atoms with Gasteiger partial charge >= 0.3 is 5.97 Å². The van der Waals surface area contributed by atoms with Crippen LogP contribution in [0.15, 0.2) is 23.1 Å². The van der Waals surface area contributed by atoms with E-state index in [0.29, 0.717) is 12.2 Å². The normalized spacial score (nSPS) is 17.3. The maximum Gasteiger partial charge on any atom is 0.324 e. The minimum Gasteiger partial charge on any atom is -0.495 e. The van der Waals surface area contributed by atoms with Crippen LogP contribution in [0.4, 0.5) is 0 Å². The Morgan fingerprint density at radius 3 is 2.50 bits per heavy atom. The average molecular weight is 320 g/mol. The first-order valence-electron chi connectivity index (χ1n) is 5.92. The standard InChI is InChI=1S/C12H14ClNO5S/c1-19-10-4-3-8(7-9(10)13)20(17,18)14-12(11(15)16)5-2-6-12/h3-4,7,14H,2,5-6H2,1H3,(H,15,16). The highest BCUT2D eigenvalue weighted by Gasteiger charge is 2.47. The smallest absolute Gasteiger partial charge is 0.324 e. The quantitative estimate of drug-likeness (QED) is 0.860. The van der Waals surface area contributed by atoms with Gasteiger partial charge in [0.05, 0.1) is 17.0 Å². The maximum atomic E-state index is 12.2. The number of carboxylic acids is 1. The highest BCUT2D eigenvalue weighted by molar-refractivity contribution is 7.89. The zero-order valence-corrected chi connectivity index (χ0v) is 12.3. The van der Waals surface area contributed by atoms with Crippen molar-refractivity contribution in [3.63, 3.8) is 0 Å². The van der Waals surface area contributed by atoms with Crippen LogP contribution in [-0.2, 0) is 14.8 Å². The Kier molecular flexibility index (Phi) is 3.95. The average Bonchev–Trinajstić information content (AvgIpc) is 2.33. The molecule has 110 valence electrons. The van der Waals surface area contributed by atoms with Gasteiger partial charge in [-0.1, -0.05) is 11.6 Å². The summed E-state index contributed by atoms with van der Waals surface area (Å²) in [6, 6.07) is 3.98. The van der Waals surface area contributed by atoms with Crippen LogP contribution in [0.3, 0.4) is 0 Å². The molecule has 2 rings (SSSR count). The fourth-order valence-corrected chi connectivity index (χ4v) is 3.79. The molecule has 1 fully saturated rings. The molecule has 0 bridgehead atoms. The van der Waals surface area contributed by atoms with Gasteiger partial charge < -0.3 is 9.84 Å². The van der Waals surface area contributed by atoms with Crippen molar-refractivity contribution >= 4 is 27.6 Å². The number of ether oxygens (including phenoxy) is 1. The third-order valence-corrected chi connectivity index (χ3v) is 5.21. The van der Waals surface area contributed by atoms with Gasteiger partial charge in [-0.3, -0.25) is 4.79 Å². The second kappa shape index (κ2) is 5.23. The number of halogens is 1. The van der Waals surface area contributed by atoms with Crippen LogP contribution in [0.1, 0.15) is 19.3 Å². The Bertz CT molecular complexity index is 639. The van der Waals surface area contributed by atoms with Gasteiger partial charge in [-0.2, -0.15) is 4.72 Å². The van der Waals surface area contributed by atoms with Crippen molar-refractivity contribution in [3.8, 4) is 5.75 Å². The molecule has 2 N–H and O–H groups in total. The van der Waals surface area contributed by atoms with Crippen LogP contribution >= 0.6 is 11.6 Å². The van der Waals surface area contributed by atoms with E-state index in [0.717, 1.165) is 0 Å². The summed E-state index contributed by atoms with van der Waals surface area (Å²) < 4.78 is 31.6. The van der Waals surface area contributed by atoms with E-state index in [1.165, 1.54) is 25.3 Å². The van der Waals surface area contributed by atoms with Crippen molar-refractivity contribution in [2.75, 3.05) is 7.11 Å². The fraction of sp³-hybridized carbons (Fsp3) is 0.417. The molecule has 8 heteroatoms. The number of nitrogens with one attached hydrogen (secondary N) is 1. The third kappa shape index (κ3) is 2.61. The molecular weight excluding hydrogens is 306 g/mol. The van der Waals surface area contributed by atoms with Gasteiger partial charge in [-0.05, 0) is 37.5 Å². The molecule has 0 unspecified atom stereocenters. The van der Waals surface area contributed by atoms with Crippen LogP contribution in [-0.4, -0.2) is 32.1 Å². The second-order valence-electron chi connectivity index (χ2n) is 4.64. The van der Waals surface area contributed by atoms with Crippen molar-refractivity contribution in [1.29, 1.82) is 0 Å². The highest BCUT2D eigenvalue weighted by atomic mass is 35.5. The van der Waals surface area contributed by atoms with Crippen molar-refractivity contribution < 1.29 is 23.1 Å². The van der Waals surface area contributed by atoms with Gasteiger partial charge in [0.25, 0.3) is 0 Å². The van der Waals surface area contributed by atoms with Crippen molar-refractivity contribution in [3.05, 3.63) is 23.2 Å². The Balaban J connectivity index is 2.31. The van der Waals surface area contributed by atoms with E-state index < -0.39 is 21.5 Å². The number of carbonyl (C=O) groups is 1. The molecule has 1 aromatic rings. The van der Waals surface area contributed by atoms with Crippen LogP contribution in [0.2, 0.25) is 5.02 Å². The molecule has 0 heterocycles. The lowest BCUT2D eigenvalue weighted by molar-refractivity contribution is -0.147. The maximum absolute atomic E-state index is 12.2. The zero-order chi connectivity index (χ0) is 15.0. The summed E-state index contributed by atoms with van der Waals surface area (Å²) in [5.74, 6) is -0.811. The topological polar surface area (TPSA) is 92.7 Å². The summed E-state index contributed by atoms with van der Waals surface area (Å²) >= 11 is 5.88. The first kappa shape index (κ1) is 15.1. The minimum absolute atomic E-state index is 0.0872. The summed E-state index contributed by atoms with van der Waals surface area (Å²) in [5, 5.41) is 9.30. The molecule has 0 aromatic heterocycles. The van der Waals surface area contributed by atoms with Crippen molar-refractivity contribution in [2.45, 2.75) is 29.7 Å². The molecule has 1 aliphatic carbocycles. The molecule has 1 aliphatic rings. The van der Waals surface area contributed by atoms with Gasteiger partial charge in [0.1, 0.15) is 11.3 Å². The predicted molar refractivity (Wildman–Crippen MR) is 72.5 cm³/mol. The number of aliphatic carboxylic acids is 1. The number of hydrogen-bond donors (Lipinski definition) is 2. The Morgan fingerprint density at radius 2 is 2.10 bits per heavy atom. The van der Waals surface area contributed by atoms with Crippen molar-refractivity contribution in [1.82, 2.24) is 4.72 Å². The summed E-state index contributed by atoms with van der Waals surface area (Å²) in [6.07, 6.45) is 1.25. The second-order valence-corrected chi connectivity index (χ2v) is 6.73. The lowest BCUT2D eigenvalue weighted by Gasteiger charge is -2.37. The van der Waals surface area contributed by atoms with E-state index in [1.807, 2.05) is 0 Å². The number of carboxylic acid groups (broad SMARTS) is 1. The summed E-state index contributed by atoms with van der Waals surface area (Å²) in [5.41, 5.74) is -1.40. The monoisotopic (exact) mass is 319 g/mol. The van der Waals surface area contributed by atoms with E-state index in [4.69, 9.17) is 21.4 Å². The number of benzene rings is 1. The molecule has 20 heavy (non-hydrogen) atoms. The lowest BCUT2D eigenvalue weighted by atomic mass is 9.78. The molecule has 1 aromatic carbocycles. The van der Waals surface area contributed by atoms with Crippen LogP contribution in [0, 0.1) is 0 Å². The molecule has 0 amide bonds. The van der Waals surface area contributed by atoms with E-state index >= 15 is 0 Å². The van der Waals surface area contributed by atoms with Crippen LogP contribution < -0.4 is 9.46 Å². The largest absolute Gasteiger partial charge is 0.495 e. The summed E-state index contributed by atoms with van der Waals surface area (Å²) in [7, 11) is -2.52. The number of rotatable bonds is 5. The van der Waals surface area contributed by atoms with E-state index in [1.54, 1.807) is 0 Å². The van der Waals surface area contributed by atoms with Crippen molar-refractivity contribution in [2.24, 2.45) is 0 Å². The highest BCUT2D eigenvalue weighted by Crippen LogP contribution is 2.34. The van der Waals surface area contributed by atoms with Crippen LogP contribution in [0.5, 0.6) is 5.75 Å². The number of methoxy groups -OCH3 is 1. The third-order valence-electron chi connectivity index (χ3n) is 3.38. The molecule has 0 saturated heterocycles. The Labute approximate surface area is 121 Å². The van der Waals surface area contributed by atoms with E-state index in [2.05, 4.69) is 4.72 Å². The first-order valence-corrected chi connectivity index (χ1v) is 7.78. The minimum atomic E-state index is -3.94. The van der Waals surface area contributed by atoms with Gasteiger partial charge in [0.15, 0.2) is 0 Å². The molecule has 0 aliphatic heterocycles. The lowest BCUT2D eigenvalue weighted by Crippen LogP contribution is -2.58. The molecule has 0 atom stereocenters. The Hall–Kier alpha value is -1.31. The number of hydrogen-bond acceptors (Lipinski definition) is 4. The first-order chi connectivity index (χ1) is 9.31. The molecular formula is C12H14ClNO5S. The molecule has 0 radical (unpaired) electrons. The van der Waals surface area contributed by atoms with Gasteiger partial charge in [-0.25, -0.2) is 8.42 Å². The molecule has 6 nitrogen and oxygen atoms in total. The molecule has 0 spiro atoms. The number of sulfonamides is 1. The Morgan fingerprint density at radius 1 is 1.45 bits per heavy atom. The summed E-state index contributed by atoms with van der Waals surface area (Å²) in [4.78, 5) is 11.1. The van der Waals surface area contributed by atoms with E-state index in [-0.39, 0.29) is 22.8 Å². The SMILES string of the molecule is COc1ccc(S(=O)(=O)NC2(C(=O)O)CCC2)cc1Cl.